The molecule has 1 unspecified atom stereocenters. The van der Waals surface area contributed by atoms with E-state index >= 15 is 0 Å². The van der Waals surface area contributed by atoms with Gasteiger partial charge in [-0.3, -0.25) is 9.69 Å². The third kappa shape index (κ3) is 3.77. The van der Waals surface area contributed by atoms with Crippen molar-refractivity contribution in [2.75, 3.05) is 13.1 Å². The Bertz CT molecular complexity index is 1200. The largest absolute Gasteiger partial charge is 0.507 e. The molecule has 0 saturated carbocycles. The molecular weight excluding hydrogens is 456 g/mol. The van der Waals surface area contributed by atoms with E-state index in [0.717, 1.165) is 36.8 Å². The lowest BCUT2D eigenvalue weighted by molar-refractivity contribution is -0.123. The molecule has 2 N–H and O–H groups in total. The smallest absolute Gasteiger partial charge is 0.254 e. The van der Waals surface area contributed by atoms with Crippen LogP contribution in [0.1, 0.15) is 41.3 Å². The zero-order valence-corrected chi connectivity index (χ0v) is 19.0. The number of aromatic nitrogens is 1. The number of rotatable bonds is 4. The molecule has 1 aliphatic carbocycles. The molecule has 0 fully saturated rings. The maximum atomic E-state index is 12.6. The van der Waals surface area contributed by atoms with Gasteiger partial charge >= 0.3 is 0 Å². The lowest BCUT2D eigenvalue weighted by Gasteiger charge is -2.39. The van der Waals surface area contributed by atoms with Gasteiger partial charge < -0.3 is 9.67 Å². The molecule has 1 aliphatic heterocycles. The molecule has 0 spiro atoms. The summed E-state index contributed by atoms with van der Waals surface area (Å²) in [6, 6.07) is 12.1. The number of phenols is 1. The van der Waals surface area contributed by atoms with Crippen LogP contribution in [0.5, 0.6) is 5.75 Å². The standard InChI is InChI=1S/C24H25BrN4O2/c1-15-5-7-20-19(11-15)18-3-2-4-21-24(18)29(20)10-9-28(21)14-23(31)27-26-13-16-12-17(25)6-8-22(16)30/h5-8,11-13,21,30H,2-4,9-10,14H2,1H3,(H,27,31)/b26-13+. The number of phenolic OH excluding ortho intramolecular Hbond substituents is 1. The number of aryl methyl sites for hydroxylation is 2. The van der Waals surface area contributed by atoms with Crippen molar-refractivity contribution in [1.29, 1.82) is 0 Å². The molecule has 2 aliphatic rings. The van der Waals surface area contributed by atoms with Gasteiger partial charge in [-0.15, -0.1) is 0 Å². The van der Waals surface area contributed by atoms with Crippen molar-refractivity contribution in [3.05, 3.63) is 63.3 Å². The van der Waals surface area contributed by atoms with Crippen LogP contribution in [0.25, 0.3) is 10.9 Å². The maximum absolute atomic E-state index is 12.6. The summed E-state index contributed by atoms with van der Waals surface area (Å²) >= 11 is 3.37. The molecule has 2 heterocycles. The zero-order chi connectivity index (χ0) is 21.5. The molecule has 3 aromatic rings. The van der Waals surface area contributed by atoms with Crippen molar-refractivity contribution in [2.24, 2.45) is 5.10 Å². The van der Waals surface area contributed by atoms with E-state index in [4.69, 9.17) is 0 Å². The fourth-order valence-electron chi connectivity index (χ4n) is 5.00. The predicted octanol–water partition coefficient (Wildman–Crippen LogP) is 4.26. The Kier molecular flexibility index (Phi) is 5.32. The Hall–Kier alpha value is -2.64. The third-order valence-corrected chi connectivity index (χ3v) is 6.86. The fraction of sp³-hybridized carbons (Fsp3) is 0.333. The van der Waals surface area contributed by atoms with Gasteiger partial charge in [-0.25, -0.2) is 5.43 Å². The normalized spacial score (nSPS) is 18.5. The molecule has 31 heavy (non-hydrogen) atoms. The van der Waals surface area contributed by atoms with Gasteiger partial charge in [-0.1, -0.05) is 27.6 Å². The van der Waals surface area contributed by atoms with Crippen LogP contribution in [0, 0.1) is 6.92 Å². The van der Waals surface area contributed by atoms with E-state index < -0.39 is 0 Å². The fourth-order valence-corrected chi connectivity index (χ4v) is 5.38. The number of hydrogen-bond acceptors (Lipinski definition) is 4. The number of aromatic hydroxyl groups is 1. The lowest BCUT2D eigenvalue weighted by atomic mass is 9.89. The highest BCUT2D eigenvalue weighted by Gasteiger charge is 2.35. The number of nitrogens with one attached hydrogen (secondary N) is 1. The highest BCUT2D eigenvalue weighted by atomic mass is 79.9. The Balaban J connectivity index is 1.32. The number of hydrogen-bond donors (Lipinski definition) is 2. The molecule has 2 aromatic carbocycles. The van der Waals surface area contributed by atoms with Gasteiger partial charge in [-0.05, 0) is 62.1 Å². The Labute approximate surface area is 189 Å². The second kappa shape index (κ2) is 8.13. The van der Waals surface area contributed by atoms with E-state index in [1.54, 1.807) is 18.2 Å². The monoisotopic (exact) mass is 480 g/mol. The highest BCUT2D eigenvalue weighted by Crippen LogP contribution is 2.42. The van der Waals surface area contributed by atoms with E-state index in [-0.39, 0.29) is 17.7 Å². The van der Waals surface area contributed by atoms with E-state index in [1.807, 2.05) is 0 Å². The van der Waals surface area contributed by atoms with Gasteiger partial charge in [0, 0.05) is 39.7 Å². The van der Waals surface area contributed by atoms with Crippen LogP contribution in [0.3, 0.4) is 0 Å². The first kappa shape index (κ1) is 20.3. The molecule has 0 saturated heterocycles. The third-order valence-electron chi connectivity index (χ3n) is 6.37. The Morgan fingerprint density at radius 2 is 2.16 bits per heavy atom. The van der Waals surface area contributed by atoms with Crippen molar-refractivity contribution in [1.82, 2.24) is 14.9 Å². The molecule has 1 aromatic heterocycles. The Morgan fingerprint density at radius 1 is 1.29 bits per heavy atom. The van der Waals surface area contributed by atoms with Crippen LogP contribution in [0.2, 0.25) is 0 Å². The van der Waals surface area contributed by atoms with Crippen LogP contribution in [0.15, 0.2) is 46.0 Å². The first-order chi connectivity index (χ1) is 15.0. The van der Waals surface area contributed by atoms with Gasteiger partial charge in [-0.2, -0.15) is 5.10 Å². The van der Waals surface area contributed by atoms with Gasteiger partial charge in [0.25, 0.3) is 5.91 Å². The molecule has 1 atom stereocenters. The number of benzene rings is 2. The minimum absolute atomic E-state index is 0.120. The lowest BCUT2D eigenvalue weighted by Crippen LogP contribution is -2.44. The summed E-state index contributed by atoms with van der Waals surface area (Å²) in [6.45, 7) is 4.20. The summed E-state index contributed by atoms with van der Waals surface area (Å²) in [4.78, 5) is 14.9. The van der Waals surface area contributed by atoms with Gasteiger partial charge in [0.1, 0.15) is 5.75 Å². The number of hydrazone groups is 1. The molecule has 1 amide bonds. The predicted molar refractivity (Wildman–Crippen MR) is 125 cm³/mol. The first-order valence-corrected chi connectivity index (χ1v) is 11.5. The minimum atomic E-state index is -0.140. The van der Waals surface area contributed by atoms with Gasteiger partial charge in [0.05, 0.1) is 18.8 Å². The summed E-state index contributed by atoms with van der Waals surface area (Å²) in [5.74, 6) is -0.0201. The average molecular weight is 481 g/mol. The SMILES string of the molecule is Cc1ccc2c(c1)c1c3n2CCN(CC(=O)N/N=C/c2cc(Br)ccc2O)C3CCC1. The Morgan fingerprint density at radius 3 is 3.03 bits per heavy atom. The summed E-state index contributed by atoms with van der Waals surface area (Å²) in [5, 5.41) is 15.3. The molecule has 7 heteroatoms. The maximum Gasteiger partial charge on any atom is 0.254 e. The van der Waals surface area contributed by atoms with Crippen molar-refractivity contribution >= 4 is 39.0 Å². The van der Waals surface area contributed by atoms with Crippen LogP contribution >= 0.6 is 15.9 Å². The average Bonchev–Trinajstić information content (AvgIpc) is 3.07. The second-order valence-electron chi connectivity index (χ2n) is 8.41. The van der Waals surface area contributed by atoms with E-state index in [1.165, 1.54) is 33.9 Å². The minimum Gasteiger partial charge on any atom is -0.507 e. The number of amides is 1. The molecular formula is C24H25BrN4O2. The van der Waals surface area contributed by atoms with Crippen LogP contribution in [-0.4, -0.2) is 39.8 Å². The number of carbonyl (C=O) groups is 1. The summed E-state index contributed by atoms with van der Waals surface area (Å²) in [6.07, 6.45) is 4.79. The summed E-state index contributed by atoms with van der Waals surface area (Å²) in [5.41, 5.74) is 8.64. The van der Waals surface area contributed by atoms with E-state index in [0.29, 0.717) is 12.1 Å². The zero-order valence-electron chi connectivity index (χ0n) is 17.4. The van der Waals surface area contributed by atoms with Crippen molar-refractivity contribution in [2.45, 2.75) is 38.8 Å². The van der Waals surface area contributed by atoms with Gasteiger partial charge in [0.2, 0.25) is 0 Å². The number of carbonyl (C=O) groups excluding carboxylic acids is 1. The topological polar surface area (TPSA) is 69.9 Å². The highest BCUT2D eigenvalue weighted by molar-refractivity contribution is 9.10. The quantitative estimate of drug-likeness (QED) is 0.432. The number of fused-ring (bicyclic) bond motifs is 3. The van der Waals surface area contributed by atoms with Crippen molar-refractivity contribution < 1.29 is 9.90 Å². The summed E-state index contributed by atoms with van der Waals surface area (Å²) in [7, 11) is 0. The first-order valence-electron chi connectivity index (χ1n) is 10.7. The molecule has 160 valence electrons. The number of halogens is 1. The molecule has 0 radical (unpaired) electrons. The molecule has 0 bridgehead atoms. The number of nitrogens with zero attached hydrogens (tertiary/aromatic N) is 3. The van der Waals surface area contributed by atoms with E-state index in [9.17, 15) is 9.90 Å². The molecule has 6 nitrogen and oxygen atoms in total. The van der Waals surface area contributed by atoms with Crippen LogP contribution in [0.4, 0.5) is 0 Å². The molecule has 5 rings (SSSR count). The van der Waals surface area contributed by atoms with Crippen LogP contribution < -0.4 is 5.43 Å². The second-order valence-corrected chi connectivity index (χ2v) is 9.33. The van der Waals surface area contributed by atoms with Crippen molar-refractivity contribution in [3.8, 4) is 5.75 Å². The van der Waals surface area contributed by atoms with E-state index in [2.05, 4.69) is 61.0 Å². The van der Waals surface area contributed by atoms with Crippen molar-refractivity contribution in [3.63, 3.8) is 0 Å². The summed E-state index contributed by atoms with van der Waals surface area (Å²) < 4.78 is 3.31. The van der Waals surface area contributed by atoms with Crippen LogP contribution in [-0.2, 0) is 17.8 Å². The van der Waals surface area contributed by atoms with Gasteiger partial charge in [0.15, 0.2) is 0 Å².